The number of aromatic nitrogens is 2. The minimum absolute atomic E-state index is 0.144. The van der Waals surface area contributed by atoms with Crippen molar-refractivity contribution in [3.8, 4) is 0 Å². The predicted octanol–water partition coefficient (Wildman–Crippen LogP) is 2.01. The molecule has 0 bridgehead atoms. The Balaban J connectivity index is 2.15. The molecular formula is C11H9BrN4O3. The van der Waals surface area contributed by atoms with Gasteiger partial charge in [-0.1, -0.05) is 6.07 Å². The molecule has 19 heavy (non-hydrogen) atoms. The summed E-state index contributed by atoms with van der Waals surface area (Å²) >= 11 is 3.08. The summed E-state index contributed by atoms with van der Waals surface area (Å²) in [6.07, 6.45) is 1.57. The lowest BCUT2D eigenvalue weighted by molar-refractivity contribution is -0.385. The van der Waals surface area contributed by atoms with Crippen LogP contribution in [0.3, 0.4) is 0 Å². The minimum atomic E-state index is -0.546. The molecule has 0 fully saturated rings. The van der Waals surface area contributed by atoms with E-state index in [0.717, 1.165) is 5.69 Å². The third-order valence-corrected chi connectivity index (χ3v) is 3.25. The van der Waals surface area contributed by atoms with Crippen molar-refractivity contribution < 1.29 is 9.72 Å². The largest absolute Gasteiger partial charge is 0.346 e. The summed E-state index contributed by atoms with van der Waals surface area (Å²) in [5.74, 6) is -0.398. The van der Waals surface area contributed by atoms with Crippen LogP contribution in [-0.2, 0) is 6.54 Å². The Kier molecular flexibility index (Phi) is 3.91. The Bertz CT molecular complexity index is 612. The third kappa shape index (κ3) is 2.97. The second kappa shape index (κ2) is 5.61. The average Bonchev–Trinajstić information content (AvgIpc) is 2.89. The molecule has 0 radical (unpaired) electrons. The van der Waals surface area contributed by atoms with Crippen molar-refractivity contribution in [1.82, 2.24) is 15.5 Å². The van der Waals surface area contributed by atoms with Crippen molar-refractivity contribution in [3.05, 3.63) is 56.3 Å². The molecule has 1 amide bonds. The van der Waals surface area contributed by atoms with Crippen LogP contribution in [0.2, 0.25) is 0 Å². The first-order valence-corrected chi connectivity index (χ1v) is 6.08. The Morgan fingerprint density at radius 1 is 1.47 bits per heavy atom. The molecule has 0 aliphatic carbocycles. The summed E-state index contributed by atoms with van der Waals surface area (Å²) in [6, 6.07) is 6.03. The number of nitro groups is 1. The number of nitrogens with zero attached hydrogens (tertiary/aromatic N) is 2. The number of benzene rings is 1. The monoisotopic (exact) mass is 324 g/mol. The lowest BCUT2D eigenvalue weighted by Gasteiger charge is -2.06. The average molecular weight is 325 g/mol. The first-order valence-electron chi connectivity index (χ1n) is 5.29. The highest BCUT2D eigenvalue weighted by atomic mass is 79.9. The number of hydrogen-bond acceptors (Lipinski definition) is 4. The maximum atomic E-state index is 11.9. The van der Waals surface area contributed by atoms with Crippen molar-refractivity contribution >= 4 is 27.5 Å². The van der Waals surface area contributed by atoms with Gasteiger partial charge in [-0.3, -0.25) is 20.0 Å². The van der Waals surface area contributed by atoms with Gasteiger partial charge in [0.25, 0.3) is 11.6 Å². The lowest BCUT2D eigenvalue weighted by atomic mass is 10.2. The van der Waals surface area contributed by atoms with Gasteiger partial charge in [0.15, 0.2) is 0 Å². The van der Waals surface area contributed by atoms with Gasteiger partial charge in [-0.05, 0) is 28.1 Å². The fraction of sp³-hybridized carbons (Fsp3) is 0.0909. The van der Waals surface area contributed by atoms with Crippen LogP contribution in [0.25, 0.3) is 0 Å². The van der Waals surface area contributed by atoms with Crippen LogP contribution in [0.4, 0.5) is 5.69 Å². The Labute approximate surface area is 116 Å². The first-order chi connectivity index (χ1) is 9.09. The third-order valence-electron chi connectivity index (χ3n) is 2.42. The maximum Gasteiger partial charge on any atom is 0.284 e. The van der Waals surface area contributed by atoms with E-state index < -0.39 is 10.8 Å². The number of hydrogen-bond donors (Lipinski definition) is 2. The SMILES string of the molecule is O=C(NCc1ccn[nH]1)c1cccc([N+](=O)[O-])c1Br. The van der Waals surface area contributed by atoms with Gasteiger partial charge < -0.3 is 5.32 Å². The molecule has 0 aliphatic rings. The molecule has 98 valence electrons. The van der Waals surface area contributed by atoms with Crippen molar-refractivity contribution in [2.45, 2.75) is 6.54 Å². The smallest absolute Gasteiger partial charge is 0.284 e. The highest BCUT2D eigenvalue weighted by Crippen LogP contribution is 2.28. The summed E-state index contributed by atoms with van der Waals surface area (Å²) in [4.78, 5) is 22.2. The van der Waals surface area contributed by atoms with E-state index in [0.29, 0.717) is 0 Å². The molecule has 0 atom stereocenters. The number of carbonyl (C=O) groups excluding carboxylic acids is 1. The van der Waals surface area contributed by atoms with Crippen LogP contribution in [0.1, 0.15) is 16.1 Å². The van der Waals surface area contributed by atoms with Crippen molar-refractivity contribution in [2.75, 3.05) is 0 Å². The lowest BCUT2D eigenvalue weighted by Crippen LogP contribution is -2.23. The van der Waals surface area contributed by atoms with E-state index in [-0.39, 0.29) is 22.3 Å². The number of rotatable bonds is 4. The van der Waals surface area contributed by atoms with E-state index in [1.165, 1.54) is 18.2 Å². The normalized spacial score (nSPS) is 10.2. The second-order valence-electron chi connectivity index (χ2n) is 3.66. The van der Waals surface area contributed by atoms with E-state index in [9.17, 15) is 14.9 Å². The molecule has 1 aromatic heterocycles. The summed E-state index contributed by atoms with van der Waals surface area (Å²) < 4.78 is 0.169. The molecule has 1 aromatic carbocycles. The summed E-state index contributed by atoms with van der Waals surface area (Å²) in [6.45, 7) is 0.272. The zero-order valence-corrected chi connectivity index (χ0v) is 11.2. The zero-order chi connectivity index (χ0) is 13.8. The van der Waals surface area contributed by atoms with Crippen LogP contribution < -0.4 is 5.32 Å². The fourth-order valence-electron chi connectivity index (χ4n) is 1.49. The molecule has 0 unspecified atom stereocenters. The number of halogens is 1. The molecule has 1 heterocycles. The Hall–Kier alpha value is -2.22. The number of H-pyrrole nitrogens is 1. The number of carbonyl (C=O) groups is 1. The van der Waals surface area contributed by atoms with Crippen molar-refractivity contribution in [2.24, 2.45) is 0 Å². The zero-order valence-electron chi connectivity index (χ0n) is 9.59. The molecule has 0 saturated heterocycles. The van der Waals surface area contributed by atoms with Gasteiger partial charge in [0.2, 0.25) is 0 Å². The van der Waals surface area contributed by atoms with Crippen molar-refractivity contribution in [1.29, 1.82) is 0 Å². The molecule has 0 saturated carbocycles. The van der Waals surface area contributed by atoms with Crippen LogP contribution in [0.15, 0.2) is 34.9 Å². The number of nitro benzene ring substituents is 1. The van der Waals surface area contributed by atoms with Crippen LogP contribution >= 0.6 is 15.9 Å². The summed E-state index contributed by atoms with van der Waals surface area (Å²) in [5.41, 5.74) is 0.817. The number of aromatic amines is 1. The molecule has 0 spiro atoms. The second-order valence-corrected chi connectivity index (χ2v) is 4.45. The van der Waals surface area contributed by atoms with Crippen molar-refractivity contribution in [3.63, 3.8) is 0 Å². The van der Waals surface area contributed by atoms with Gasteiger partial charge in [-0.25, -0.2) is 0 Å². The molecule has 2 rings (SSSR count). The van der Waals surface area contributed by atoms with Gasteiger partial charge in [-0.15, -0.1) is 0 Å². The van der Waals surface area contributed by atoms with Gasteiger partial charge in [-0.2, -0.15) is 5.10 Å². The molecule has 2 N–H and O–H groups in total. The highest BCUT2D eigenvalue weighted by molar-refractivity contribution is 9.10. The predicted molar refractivity (Wildman–Crippen MR) is 70.6 cm³/mol. The van der Waals surface area contributed by atoms with Crippen LogP contribution in [0, 0.1) is 10.1 Å². The van der Waals surface area contributed by atoms with E-state index in [1.54, 1.807) is 12.3 Å². The standard InChI is InChI=1S/C11H9BrN4O3/c12-10-8(2-1-3-9(10)16(18)19)11(17)13-6-7-4-5-14-15-7/h1-5H,6H2,(H,13,17)(H,14,15). The van der Waals surface area contributed by atoms with Gasteiger partial charge in [0.1, 0.15) is 4.47 Å². The van der Waals surface area contributed by atoms with E-state index in [2.05, 4.69) is 31.4 Å². The quantitative estimate of drug-likeness (QED) is 0.663. The van der Waals surface area contributed by atoms with Crippen LogP contribution in [-0.4, -0.2) is 21.0 Å². The van der Waals surface area contributed by atoms with Gasteiger partial charge in [0.05, 0.1) is 22.7 Å². The maximum absolute atomic E-state index is 11.9. The Morgan fingerprint density at radius 2 is 2.26 bits per heavy atom. The fourth-order valence-corrected chi connectivity index (χ4v) is 2.08. The molecule has 2 aromatic rings. The summed E-state index contributed by atoms with van der Waals surface area (Å²) in [7, 11) is 0. The van der Waals surface area contributed by atoms with E-state index >= 15 is 0 Å². The van der Waals surface area contributed by atoms with Gasteiger partial charge in [0, 0.05) is 12.3 Å². The first kappa shape index (κ1) is 13.2. The van der Waals surface area contributed by atoms with E-state index in [4.69, 9.17) is 0 Å². The molecule has 8 heteroatoms. The molecule has 0 aliphatic heterocycles. The number of nitrogens with one attached hydrogen (secondary N) is 2. The number of amides is 1. The molecule has 7 nitrogen and oxygen atoms in total. The van der Waals surface area contributed by atoms with E-state index in [1.807, 2.05) is 0 Å². The van der Waals surface area contributed by atoms with Gasteiger partial charge >= 0.3 is 0 Å². The molecular weight excluding hydrogens is 316 g/mol. The Morgan fingerprint density at radius 3 is 2.89 bits per heavy atom. The van der Waals surface area contributed by atoms with Crippen LogP contribution in [0.5, 0.6) is 0 Å². The summed E-state index contributed by atoms with van der Waals surface area (Å²) in [5, 5.41) is 19.9. The highest BCUT2D eigenvalue weighted by Gasteiger charge is 2.19. The minimum Gasteiger partial charge on any atom is -0.346 e. The topological polar surface area (TPSA) is 101 Å².